The monoisotopic (exact) mass is 289 g/mol. The molecule has 5 heteroatoms. The van der Waals surface area contributed by atoms with Crippen molar-refractivity contribution in [1.82, 2.24) is 5.32 Å². The van der Waals surface area contributed by atoms with Crippen LogP contribution in [0.5, 0.6) is 0 Å². The minimum absolute atomic E-state index is 0.253. The molecule has 0 saturated carbocycles. The lowest BCUT2D eigenvalue weighted by Crippen LogP contribution is -2.30. The van der Waals surface area contributed by atoms with E-state index in [1.807, 2.05) is 36.4 Å². The average molecular weight is 289 g/mol. The molecule has 1 aliphatic heterocycles. The van der Waals surface area contributed by atoms with Crippen molar-refractivity contribution in [2.45, 2.75) is 5.25 Å². The molecule has 0 fully saturated rings. The SMILES string of the molecule is COC(=O)C1SCC=C1NC(=O)C=Cc1ccccc1. The second-order valence-corrected chi connectivity index (χ2v) is 5.27. The number of benzene rings is 1. The zero-order valence-electron chi connectivity index (χ0n) is 11.0. The molecule has 1 amide bonds. The number of thioether (sulfide) groups is 1. The number of ether oxygens (including phenoxy) is 1. The Morgan fingerprint density at radius 1 is 1.35 bits per heavy atom. The van der Waals surface area contributed by atoms with Crippen LogP contribution in [0.1, 0.15) is 5.56 Å². The van der Waals surface area contributed by atoms with Gasteiger partial charge in [0.25, 0.3) is 0 Å². The molecule has 104 valence electrons. The lowest BCUT2D eigenvalue weighted by atomic mass is 10.2. The topological polar surface area (TPSA) is 55.4 Å². The van der Waals surface area contributed by atoms with Gasteiger partial charge < -0.3 is 10.1 Å². The number of carbonyl (C=O) groups is 2. The van der Waals surface area contributed by atoms with Crippen molar-refractivity contribution < 1.29 is 14.3 Å². The summed E-state index contributed by atoms with van der Waals surface area (Å²) < 4.78 is 4.71. The Morgan fingerprint density at radius 3 is 2.80 bits per heavy atom. The highest BCUT2D eigenvalue weighted by Gasteiger charge is 2.28. The van der Waals surface area contributed by atoms with E-state index >= 15 is 0 Å². The summed E-state index contributed by atoms with van der Waals surface area (Å²) in [7, 11) is 1.34. The second-order valence-electron chi connectivity index (χ2n) is 4.13. The van der Waals surface area contributed by atoms with Gasteiger partial charge in [0, 0.05) is 17.5 Å². The van der Waals surface area contributed by atoms with Gasteiger partial charge >= 0.3 is 5.97 Å². The number of amides is 1. The van der Waals surface area contributed by atoms with Crippen molar-refractivity contribution in [3.05, 3.63) is 53.7 Å². The zero-order valence-corrected chi connectivity index (χ0v) is 11.9. The van der Waals surface area contributed by atoms with E-state index < -0.39 is 5.25 Å². The van der Waals surface area contributed by atoms with Gasteiger partial charge in [0.05, 0.1) is 7.11 Å². The lowest BCUT2D eigenvalue weighted by molar-refractivity contribution is -0.139. The average Bonchev–Trinajstić information content (AvgIpc) is 2.93. The molecule has 0 aromatic heterocycles. The fourth-order valence-corrected chi connectivity index (χ4v) is 2.80. The molecule has 1 unspecified atom stereocenters. The van der Waals surface area contributed by atoms with Crippen LogP contribution in [0.4, 0.5) is 0 Å². The molecule has 2 rings (SSSR count). The van der Waals surface area contributed by atoms with Crippen LogP contribution in [0.15, 0.2) is 48.2 Å². The number of nitrogens with one attached hydrogen (secondary N) is 1. The molecule has 1 aromatic carbocycles. The van der Waals surface area contributed by atoms with E-state index in [0.717, 1.165) is 5.56 Å². The first-order valence-corrected chi connectivity index (χ1v) is 7.19. The van der Waals surface area contributed by atoms with E-state index in [1.165, 1.54) is 24.9 Å². The highest BCUT2D eigenvalue weighted by atomic mass is 32.2. The van der Waals surface area contributed by atoms with Crippen LogP contribution in [0.3, 0.4) is 0 Å². The highest BCUT2D eigenvalue weighted by Crippen LogP contribution is 2.26. The molecule has 0 radical (unpaired) electrons. The highest BCUT2D eigenvalue weighted by molar-refractivity contribution is 8.01. The van der Waals surface area contributed by atoms with Crippen LogP contribution < -0.4 is 5.32 Å². The maximum Gasteiger partial charge on any atom is 0.324 e. The molecule has 0 spiro atoms. The molecule has 0 bridgehead atoms. The Hall–Kier alpha value is -2.01. The summed E-state index contributed by atoms with van der Waals surface area (Å²) in [5.74, 6) is 0.0974. The minimum atomic E-state index is -0.436. The summed E-state index contributed by atoms with van der Waals surface area (Å²) in [6.07, 6.45) is 5.01. The molecule has 0 saturated heterocycles. The number of rotatable bonds is 4. The van der Waals surface area contributed by atoms with Gasteiger partial charge in [-0.2, -0.15) is 0 Å². The summed E-state index contributed by atoms with van der Waals surface area (Å²) >= 11 is 1.43. The maximum absolute atomic E-state index is 11.8. The summed E-state index contributed by atoms with van der Waals surface area (Å²) in [4.78, 5) is 23.4. The number of carbonyl (C=O) groups excluding carboxylic acids is 2. The van der Waals surface area contributed by atoms with E-state index in [1.54, 1.807) is 6.08 Å². The number of hydrogen-bond donors (Lipinski definition) is 1. The normalized spacial score (nSPS) is 17.9. The van der Waals surface area contributed by atoms with Crippen molar-refractivity contribution >= 4 is 29.7 Å². The predicted molar refractivity (Wildman–Crippen MR) is 80.0 cm³/mol. The van der Waals surface area contributed by atoms with Crippen LogP contribution in [-0.2, 0) is 14.3 Å². The quantitative estimate of drug-likeness (QED) is 0.680. The standard InChI is InChI=1S/C15H15NO3S/c1-19-15(18)14-12(9-10-20-14)16-13(17)8-7-11-5-3-2-4-6-11/h2-9,14H,10H2,1H3,(H,16,17). The Morgan fingerprint density at radius 2 is 2.10 bits per heavy atom. The van der Waals surface area contributed by atoms with Crippen LogP contribution in [-0.4, -0.2) is 30.0 Å². The number of hydrogen-bond acceptors (Lipinski definition) is 4. The van der Waals surface area contributed by atoms with Gasteiger partial charge in [0.15, 0.2) is 0 Å². The van der Waals surface area contributed by atoms with Gasteiger partial charge in [-0.05, 0) is 11.6 Å². The first kappa shape index (κ1) is 14.4. The molecular weight excluding hydrogens is 274 g/mol. The third-order valence-corrected chi connectivity index (χ3v) is 3.90. The molecule has 1 N–H and O–H groups in total. The molecular formula is C15H15NO3S. The van der Waals surface area contributed by atoms with Crippen molar-refractivity contribution in [3.8, 4) is 0 Å². The van der Waals surface area contributed by atoms with E-state index in [9.17, 15) is 9.59 Å². The van der Waals surface area contributed by atoms with Gasteiger partial charge in [0.1, 0.15) is 5.25 Å². The van der Waals surface area contributed by atoms with Gasteiger partial charge in [-0.15, -0.1) is 11.8 Å². The van der Waals surface area contributed by atoms with Gasteiger partial charge in [-0.3, -0.25) is 9.59 Å². The first-order chi connectivity index (χ1) is 9.70. The number of esters is 1. The Bertz CT molecular complexity index is 551. The third kappa shape index (κ3) is 3.74. The first-order valence-electron chi connectivity index (χ1n) is 6.14. The minimum Gasteiger partial charge on any atom is -0.468 e. The molecule has 0 aliphatic carbocycles. The Labute approximate surface area is 121 Å². The largest absolute Gasteiger partial charge is 0.468 e. The fraction of sp³-hybridized carbons (Fsp3) is 0.200. The van der Waals surface area contributed by atoms with Crippen molar-refractivity contribution in [3.63, 3.8) is 0 Å². The van der Waals surface area contributed by atoms with E-state index in [2.05, 4.69) is 5.32 Å². The van der Waals surface area contributed by atoms with Crippen molar-refractivity contribution in [2.75, 3.05) is 12.9 Å². The van der Waals surface area contributed by atoms with Crippen LogP contribution in [0.25, 0.3) is 6.08 Å². The lowest BCUT2D eigenvalue weighted by Gasteiger charge is -2.11. The van der Waals surface area contributed by atoms with E-state index in [4.69, 9.17) is 4.74 Å². The van der Waals surface area contributed by atoms with Gasteiger partial charge in [-0.1, -0.05) is 36.4 Å². The third-order valence-electron chi connectivity index (χ3n) is 2.76. The Kier molecular flexibility index (Phi) is 5.01. The van der Waals surface area contributed by atoms with Crippen LogP contribution in [0, 0.1) is 0 Å². The molecule has 1 atom stereocenters. The summed E-state index contributed by atoms with van der Waals surface area (Å²) in [6, 6.07) is 9.54. The zero-order chi connectivity index (χ0) is 14.4. The molecule has 20 heavy (non-hydrogen) atoms. The smallest absolute Gasteiger partial charge is 0.324 e. The molecule has 1 aliphatic rings. The summed E-state index contributed by atoms with van der Waals surface area (Å²) in [6.45, 7) is 0. The molecule has 4 nitrogen and oxygen atoms in total. The van der Waals surface area contributed by atoms with E-state index in [-0.39, 0.29) is 11.9 Å². The van der Waals surface area contributed by atoms with Crippen molar-refractivity contribution in [2.24, 2.45) is 0 Å². The van der Waals surface area contributed by atoms with Crippen molar-refractivity contribution in [1.29, 1.82) is 0 Å². The molecule has 1 aromatic rings. The fourth-order valence-electron chi connectivity index (χ4n) is 1.77. The summed E-state index contributed by atoms with van der Waals surface area (Å²) in [5.41, 5.74) is 1.55. The second kappa shape index (κ2) is 6.96. The molecule has 1 heterocycles. The van der Waals surface area contributed by atoms with Gasteiger partial charge in [-0.25, -0.2) is 0 Å². The van der Waals surface area contributed by atoms with Crippen LogP contribution >= 0.6 is 11.8 Å². The number of methoxy groups -OCH3 is 1. The van der Waals surface area contributed by atoms with Gasteiger partial charge in [0.2, 0.25) is 5.91 Å². The van der Waals surface area contributed by atoms with E-state index in [0.29, 0.717) is 11.4 Å². The maximum atomic E-state index is 11.8. The van der Waals surface area contributed by atoms with Crippen LogP contribution in [0.2, 0.25) is 0 Å². The predicted octanol–water partition coefficient (Wildman–Crippen LogP) is 1.99. The summed E-state index contributed by atoms with van der Waals surface area (Å²) in [5, 5.41) is 2.29. The Balaban J connectivity index is 1.95.